The van der Waals surface area contributed by atoms with E-state index in [1.54, 1.807) is 12.6 Å². The van der Waals surface area contributed by atoms with E-state index in [-0.39, 0.29) is 29.1 Å². The fourth-order valence-corrected chi connectivity index (χ4v) is 11.8. The molecule has 0 heterocycles. The van der Waals surface area contributed by atoms with Crippen LogP contribution in [0.25, 0.3) is 0 Å². The van der Waals surface area contributed by atoms with E-state index < -0.39 is 23.1 Å². The molecule has 298 valence electrons. The van der Waals surface area contributed by atoms with E-state index in [1.807, 2.05) is 27.7 Å². The number of nitrogens with one attached hydrogen (secondary N) is 2. The maximum Gasteiger partial charge on any atom is 0.306 e. The van der Waals surface area contributed by atoms with Crippen LogP contribution >= 0.6 is 11.8 Å². The first-order valence-electron chi connectivity index (χ1n) is 20.7. The number of rotatable bonds is 19. The normalized spacial score (nSPS) is 31.5. The Bertz CT molecular complexity index is 1270. The fourth-order valence-electron chi connectivity index (χ4n) is 10.9. The van der Waals surface area contributed by atoms with Crippen molar-refractivity contribution in [2.24, 2.45) is 52.1 Å². The summed E-state index contributed by atoms with van der Waals surface area (Å²) in [5.74, 6) is 4.88. The minimum atomic E-state index is -0.592. The number of ether oxygens (including phenoxy) is 2. The smallest absolute Gasteiger partial charge is 0.306 e. The van der Waals surface area contributed by atoms with Crippen LogP contribution in [0.1, 0.15) is 146 Å². The number of primary amides is 1. The molecule has 4 N–H and O–H groups in total. The molecule has 0 aromatic rings. The summed E-state index contributed by atoms with van der Waals surface area (Å²) in [5, 5.41) is 5.88. The number of carbonyl (C=O) groups is 3. The highest BCUT2D eigenvalue weighted by Crippen LogP contribution is 2.67. The molecule has 0 spiro atoms. The van der Waals surface area contributed by atoms with Crippen molar-refractivity contribution in [1.29, 1.82) is 0 Å². The monoisotopic (exact) mass is 746 g/mol. The van der Waals surface area contributed by atoms with Gasteiger partial charge in [-0.3, -0.25) is 14.4 Å². The van der Waals surface area contributed by atoms with Gasteiger partial charge in [0.25, 0.3) is 0 Å². The van der Waals surface area contributed by atoms with E-state index in [0.29, 0.717) is 30.6 Å². The molecule has 8 nitrogen and oxygen atoms in total. The Hall–Kier alpha value is -1.58. The summed E-state index contributed by atoms with van der Waals surface area (Å²) in [6.45, 7) is 20.6. The number of amides is 2. The first-order chi connectivity index (χ1) is 24.3. The van der Waals surface area contributed by atoms with Crippen LogP contribution in [0.4, 0.5) is 0 Å². The number of thioether (sulfide) groups is 1. The van der Waals surface area contributed by atoms with E-state index in [9.17, 15) is 14.4 Å². The fraction of sp³-hybridized carbons (Fsp3) is 0.884. The Labute approximate surface area is 321 Å². The van der Waals surface area contributed by atoms with Crippen molar-refractivity contribution in [1.82, 2.24) is 10.6 Å². The number of hydrogen-bond acceptors (Lipinski definition) is 7. The Kier molecular flexibility index (Phi) is 14.9. The molecule has 0 radical (unpaired) electrons. The second-order valence-corrected chi connectivity index (χ2v) is 20.4. The van der Waals surface area contributed by atoms with Crippen LogP contribution in [0, 0.1) is 46.3 Å². The average molecular weight is 746 g/mol. The van der Waals surface area contributed by atoms with Crippen molar-refractivity contribution in [3.8, 4) is 0 Å². The molecule has 2 amide bonds. The standard InChI is InChI=1S/C43H75N3O5S/c1-28(2)12-11-13-29(3)33-16-17-34-32-15-14-30-24-31(18-22-42(30,8)35(32)19-23-43(33,34)9)51-38(48)20-21-41(6,7)50-27-40(4,5)46-37(47)26-52-25-36(45-10)39(44)49/h14,28-29,31-36,45H,11-13,15-27H2,1-10H3,(H2,44,49)(H,46,47)/t29?,31-,32?,33+,34?,35?,36-,42-,43+/m0/s1. The van der Waals surface area contributed by atoms with Crippen molar-refractivity contribution < 1.29 is 23.9 Å². The van der Waals surface area contributed by atoms with Crippen LogP contribution in [-0.2, 0) is 23.9 Å². The molecule has 9 heteroatoms. The van der Waals surface area contributed by atoms with E-state index in [2.05, 4.69) is 51.3 Å². The molecule has 9 atom stereocenters. The lowest BCUT2D eigenvalue weighted by Crippen LogP contribution is -2.51. The van der Waals surface area contributed by atoms with Gasteiger partial charge in [0.15, 0.2) is 0 Å². The molecule has 52 heavy (non-hydrogen) atoms. The third-order valence-corrected chi connectivity index (χ3v) is 15.0. The first-order valence-corrected chi connectivity index (χ1v) is 21.8. The Morgan fingerprint density at radius 2 is 1.75 bits per heavy atom. The van der Waals surface area contributed by atoms with Gasteiger partial charge < -0.3 is 25.8 Å². The quantitative estimate of drug-likeness (QED) is 0.0901. The number of nitrogens with two attached hydrogens (primary N) is 1. The zero-order valence-corrected chi connectivity index (χ0v) is 35.4. The summed E-state index contributed by atoms with van der Waals surface area (Å²) in [6.07, 6.45) is 17.3. The Morgan fingerprint density at radius 1 is 1.02 bits per heavy atom. The SMILES string of the molecule is CN[C@@H](CSCC(=O)NC(C)(C)COC(C)(C)CCC(=O)O[C@H]1CC[C@@]2(C)C(=CCC3C2CC[C@@]2(C)C3CC[C@@H]2C(C)CCCC(C)C)C1)C(N)=O. The molecule has 3 fully saturated rings. The van der Waals surface area contributed by atoms with Crippen LogP contribution < -0.4 is 16.4 Å². The van der Waals surface area contributed by atoms with Gasteiger partial charge in [0.05, 0.1) is 29.5 Å². The van der Waals surface area contributed by atoms with Crippen LogP contribution in [0.15, 0.2) is 11.6 Å². The molecule has 0 aromatic carbocycles. The van der Waals surface area contributed by atoms with Crippen LogP contribution in [0.3, 0.4) is 0 Å². The molecular weight excluding hydrogens is 671 g/mol. The lowest BCUT2D eigenvalue weighted by Gasteiger charge is -2.58. The van der Waals surface area contributed by atoms with Gasteiger partial charge in [0, 0.05) is 18.6 Å². The van der Waals surface area contributed by atoms with Gasteiger partial charge in [-0.05, 0) is 132 Å². The predicted octanol–water partition coefficient (Wildman–Crippen LogP) is 8.22. The number of fused-ring (bicyclic) bond motifs is 5. The van der Waals surface area contributed by atoms with E-state index >= 15 is 0 Å². The molecule has 4 unspecified atom stereocenters. The van der Waals surface area contributed by atoms with E-state index in [1.165, 1.54) is 63.1 Å². The molecule has 0 aliphatic heterocycles. The van der Waals surface area contributed by atoms with Crippen molar-refractivity contribution in [3.05, 3.63) is 11.6 Å². The summed E-state index contributed by atoms with van der Waals surface area (Å²) in [5.41, 5.74) is 6.51. The predicted molar refractivity (Wildman–Crippen MR) is 214 cm³/mol. The lowest BCUT2D eigenvalue weighted by atomic mass is 9.47. The largest absolute Gasteiger partial charge is 0.462 e. The Balaban J connectivity index is 1.22. The van der Waals surface area contributed by atoms with Crippen molar-refractivity contribution in [3.63, 3.8) is 0 Å². The topological polar surface area (TPSA) is 120 Å². The van der Waals surface area contributed by atoms with Gasteiger partial charge in [0.2, 0.25) is 11.8 Å². The summed E-state index contributed by atoms with van der Waals surface area (Å²) in [6, 6.07) is -0.469. The highest BCUT2D eigenvalue weighted by atomic mass is 32.2. The molecule has 0 aromatic heterocycles. The zero-order valence-electron chi connectivity index (χ0n) is 34.5. The molecule has 4 rings (SSSR count). The van der Waals surface area contributed by atoms with Gasteiger partial charge in [-0.2, -0.15) is 0 Å². The molecule has 4 aliphatic carbocycles. The summed E-state index contributed by atoms with van der Waals surface area (Å²) in [4.78, 5) is 37.1. The minimum absolute atomic E-state index is 0.0396. The average Bonchev–Trinajstić information content (AvgIpc) is 3.42. The van der Waals surface area contributed by atoms with Gasteiger partial charge in [-0.25, -0.2) is 0 Å². The minimum Gasteiger partial charge on any atom is -0.462 e. The van der Waals surface area contributed by atoms with Gasteiger partial charge in [-0.1, -0.05) is 65.5 Å². The highest BCUT2D eigenvalue weighted by molar-refractivity contribution is 8.00. The maximum absolute atomic E-state index is 13.1. The summed E-state index contributed by atoms with van der Waals surface area (Å²) >= 11 is 1.36. The van der Waals surface area contributed by atoms with Crippen molar-refractivity contribution >= 4 is 29.5 Å². The number of likely N-dealkylation sites (N-methyl/N-ethyl adjacent to an activating group) is 1. The van der Waals surface area contributed by atoms with E-state index in [0.717, 1.165) is 54.8 Å². The van der Waals surface area contributed by atoms with Crippen LogP contribution in [-0.4, -0.2) is 66.2 Å². The summed E-state index contributed by atoms with van der Waals surface area (Å²) in [7, 11) is 1.68. The van der Waals surface area contributed by atoms with Gasteiger partial charge in [0.1, 0.15) is 6.10 Å². The third kappa shape index (κ3) is 10.8. The number of carbonyl (C=O) groups excluding carboxylic acids is 3. The van der Waals surface area contributed by atoms with Crippen molar-refractivity contribution in [2.75, 3.05) is 25.2 Å². The third-order valence-electron chi connectivity index (χ3n) is 14.0. The zero-order chi connectivity index (χ0) is 38.5. The number of hydrogen-bond donors (Lipinski definition) is 3. The first kappa shape index (κ1) is 43.2. The molecular formula is C43H75N3O5S. The Morgan fingerprint density at radius 3 is 2.42 bits per heavy atom. The van der Waals surface area contributed by atoms with Gasteiger partial charge >= 0.3 is 5.97 Å². The second kappa shape index (κ2) is 17.9. The molecule has 0 bridgehead atoms. The van der Waals surface area contributed by atoms with Gasteiger partial charge in [-0.15, -0.1) is 11.8 Å². The van der Waals surface area contributed by atoms with Crippen LogP contribution in [0.2, 0.25) is 0 Å². The molecule has 0 saturated heterocycles. The number of esters is 1. The molecule has 4 aliphatic rings. The van der Waals surface area contributed by atoms with Crippen LogP contribution in [0.5, 0.6) is 0 Å². The molecule has 3 saturated carbocycles. The number of allylic oxidation sites excluding steroid dienone is 1. The summed E-state index contributed by atoms with van der Waals surface area (Å²) < 4.78 is 12.4. The van der Waals surface area contributed by atoms with Crippen molar-refractivity contribution in [2.45, 2.75) is 169 Å². The van der Waals surface area contributed by atoms with E-state index in [4.69, 9.17) is 15.2 Å². The lowest BCUT2D eigenvalue weighted by molar-refractivity contribution is -0.153. The maximum atomic E-state index is 13.1. The second-order valence-electron chi connectivity index (χ2n) is 19.4. The highest BCUT2D eigenvalue weighted by Gasteiger charge is 2.59.